The minimum absolute atomic E-state index is 0.0132. The van der Waals surface area contributed by atoms with Gasteiger partial charge in [0.1, 0.15) is 0 Å². The van der Waals surface area contributed by atoms with Crippen molar-refractivity contribution in [2.45, 2.75) is 26.8 Å². The van der Waals surface area contributed by atoms with Crippen LogP contribution < -0.4 is 5.32 Å². The number of rotatable bonds is 4. The smallest absolute Gasteiger partial charge is 0.246 e. The number of carbonyl (C=O) groups excluding carboxylic acids is 1. The summed E-state index contributed by atoms with van der Waals surface area (Å²) in [5.74, 6) is -0.0132. The lowest BCUT2D eigenvalue weighted by Gasteiger charge is -2.04. The van der Waals surface area contributed by atoms with Crippen LogP contribution in [0.5, 0.6) is 0 Å². The van der Waals surface area contributed by atoms with Gasteiger partial charge in [0.05, 0.1) is 0 Å². The van der Waals surface area contributed by atoms with E-state index in [1.54, 1.807) is 12.4 Å². The molecule has 1 rings (SSSR count). The fourth-order valence-electron chi connectivity index (χ4n) is 1.22. The Morgan fingerprint density at radius 1 is 1.60 bits per heavy atom. The van der Waals surface area contributed by atoms with Crippen molar-refractivity contribution in [2.75, 3.05) is 0 Å². The van der Waals surface area contributed by atoms with E-state index in [-0.39, 0.29) is 5.91 Å². The fourth-order valence-corrected chi connectivity index (χ4v) is 1.22. The zero-order chi connectivity index (χ0) is 11.1. The number of nitrogens with one attached hydrogen (secondary N) is 1. The Labute approximate surface area is 90.2 Å². The Morgan fingerprint density at radius 2 is 2.40 bits per heavy atom. The van der Waals surface area contributed by atoms with E-state index >= 15 is 0 Å². The van der Waals surface area contributed by atoms with Crippen LogP contribution >= 0.6 is 0 Å². The zero-order valence-electron chi connectivity index (χ0n) is 9.16. The maximum absolute atomic E-state index is 11.5. The van der Waals surface area contributed by atoms with Crippen molar-refractivity contribution in [3.8, 4) is 0 Å². The number of allylic oxidation sites excluding steroid dienone is 1. The highest BCUT2D eigenvalue weighted by molar-refractivity contribution is 5.92. The Morgan fingerprint density at radius 3 is 3.00 bits per heavy atom. The van der Waals surface area contributed by atoms with E-state index in [4.69, 9.17) is 0 Å². The standard InChI is InChI=1S/C12H16N2O/c1-3-5-10(2)12(15)14-9-11-6-4-7-13-8-11/h4-8H,3,9H2,1-2H3,(H,14,15)/b10-5-. The Hall–Kier alpha value is -1.64. The van der Waals surface area contributed by atoms with Crippen molar-refractivity contribution in [1.82, 2.24) is 10.3 Å². The molecule has 0 fully saturated rings. The van der Waals surface area contributed by atoms with E-state index in [2.05, 4.69) is 10.3 Å². The van der Waals surface area contributed by atoms with Crippen LogP contribution in [0.3, 0.4) is 0 Å². The molecule has 15 heavy (non-hydrogen) atoms. The molecule has 0 aliphatic rings. The summed E-state index contributed by atoms with van der Waals surface area (Å²) in [6.07, 6.45) is 6.26. The van der Waals surface area contributed by atoms with Crippen molar-refractivity contribution in [3.63, 3.8) is 0 Å². The number of pyridine rings is 1. The molecule has 0 spiro atoms. The van der Waals surface area contributed by atoms with E-state index in [1.807, 2.05) is 32.1 Å². The van der Waals surface area contributed by atoms with Gasteiger partial charge < -0.3 is 5.32 Å². The summed E-state index contributed by atoms with van der Waals surface area (Å²) >= 11 is 0. The summed E-state index contributed by atoms with van der Waals surface area (Å²) in [6.45, 7) is 4.36. The summed E-state index contributed by atoms with van der Waals surface area (Å²) in [5, 5.41) is 2.84. The van der Waals surface area contributed by atoms with Crippen LogP contribution in [0, 0.1) is 0 Å². The van der Waals surface area contributed by atoms with Gasteiger partial charge in [-0.3, -0.25) is 9.78 Å². The third kappa shape index (κ3) is 3.94. The molecule has 1 aromatic rings. The van der Waals surface area contributed by atoms with Gasteiger partial charge in [-0.2, -0.15) is 0 Å². The van der Waals surface area contributed by atoms with Crippen molar-refractivity contribution in [3.05, 3.63) is 41.7 Å². The van der Waals surface area contributed by atoms with Crippen molar-refractivity contribution in [1.29, 1.82) is 0 Å². The number of amides is 1. The topological polar surface area (TPSA) is 42.0 Å². The molecule has 0 unspecified atom stereocenters. The summed E-state index contributed by atoms with van der Waals surface area (Å²) in [7, 11) is 0. The molecule has 0 saturated heterocycles. The predicted molar refractivity (Wildman–Crippen MR) is 60.1 cm³/mol. The average Bonchev–Trinajstić information content (AvgIpc) is 2.27. The van der Waals surface area contributed by atoms with Crippen LogP contribution in [0.15, 0.2) is 36.2 Å². The summed E-state index contributed by atoms with van der Waals surface area (Å²) in [5.41, 5.74) is 1.77. The maximum atomic E-state index is 11.5. The van der Waals surface area contributed by atoms with Crippen LogP contribution in [0.1, 0.15) is 25.8 Å². The molecule has 0 radical (unpaired) electrons. The van der Waals surface area contributed by atoms with Crippen LogP contribution in [0.4, 0.5) is 0 Å². The second-order valence-electron chi connectivity index (χ2n) is 3.34. The van der Waals surface area contributed by atoms with Gasteiger partial charge in [-0.05, 0) is 25.0 Å². The van der Waals surface area contributed by atoms with E-state index in [9.17, 15) is 4.79 Å². The van der Waals surface area contributed by atoms with E-state index in [0.717, 1.165) is 17.6 Å². The minimum atomic E-state index is -0.0132. The van der Waals surface area contributed by atoms with Crippen molar-refractivity contribution < 1.29 is 4.79 Å². The minimum Gasteiger partial charge on any atom is -0.348 e. The molecule has 1 heterocycles. The molecule has 0 aliphatic carbocycles. The number of carbonyl (C=O) groups is 1. The highest BCUT2D eigenvalue weighted by Gasteiger charge is 2.02. The molecular weight excluding hydrogens is 188 g/mol. The molecule has 80 valence electrons. The van der Waals surface area contributed by atoms with Gasteiger partial charge in [0.25, 0.3) is 0 Å². The molecule has 0 aliphatic heterocycles. The van der Waals surface area contributed by atoms with Gasteiger partial charge >= 0.3 is 0 Å². The van der Waals surface area contributed by atoms with Gasteiger partial charge in [0.2, 0.25) is 5.91 Å². The first-order chi connectivity index (χ1) is 7.24. The molecule has 0 bridgehead atoms. The third-order valence-electron chi connectivity index (χ3n) is 2.04. The lowest BCUT2D eigenvalue weighted by molar-refractivity contribution is -0.117. The van der Waals surface area contributed by atoms with E-state index in [0.29, 0.717) is 6.54 Å². The van der Waals surface area contributed by atoms with Crippen LogP contribution in [-0.2, 0) is 11.3 Å². The maximum Gasteiger partial charge on any atom is 0.246 e. The average molecular weight is 204 g/mol. The number of aromatic nitrogens is 1. The number of nitrogens with zero attached hydrogens (tertiary/aromatic N) is 1. The van der Waals surface area contributed by atoms with Crippen molar-refractivity contribution in [2.24, 2.45) is 0 Å². The molecular formula is C12H16N2O. The Kier molecular flexibility index (Phi) is 4.54. The SMILES string of the molecule is CC/C=C(/C)C(=O)NCc1cccnc1. The molecule has 0 aromatic carbocycles. The largest absolute Gasteiger partial charge is 0.348 e. The first-order valence-corrected chi connectivity index (χ1v) is 5.08. The van der Waals surface area contributed by atoms with Gasteiger partial charge in [-0.15, -0.1) is 0 Å². The molecule has 1 N–H and O–H groups in total. The molecule has 3 heteroatoms. The summed E-state index contributed by atoms with van der Waals surface area (Å²) in [6, 6.07) is 3.79. The van der Waals surface area contributed by atoms with E-state index < -0.39 is 0 Å². The number of hydrogen-bond donors (Lipinski definition) is 1. The highest BCUT2D eigenvalue weighted by Crippen LogP contribution is 1.98. The number of hydrogen-bond acceptors (Lipinski definition) is 2. The predicted octanol–water partition coefficient (Wildman–Crippen LogP) is 2.05. The van der Waals surface area contributed by atoms with Gasteiger partial charge in [0.15, 0.2) is 0 Å². The first-order valence-electron chi connectivity index (χ1n) is 5.08. The summed E-state index contributed by atoms with van der Waals surface area (Å²) in [4.78, 5) is 15.5. The van der Waals surface area contributed by atoms with E-state index in [1.165, 1.54) is 0 Å². The molecule has 3 nitrogen and oxygen atoms in total. The van der Waals surface area contributed by atoms with Crippen LogP contribution in [0.2, 0.25) is 0 Å². The van der Waals surface area contributed by atoms with Crippen LogP contribution in [0.25, 0.3) is 0 Å². The zero-order valence-corrected chi connectivity index (χ0v) is 9.16. The fraction of sp³-hybridized carbons (Fsp3) is 0.333. The normalized spacial score (nSPS) is 11.2. The van der Waals surface area contributed by atoms with Crippen LogP contribution in [-0.4, -0.2) is 10.9 Å². The third-order valence-corrected chi connectivity index (χ3v) is 2.04. The lowest BCUT2D eigenvalue weighted by Crippen LogP contribution is -2.23. The van der Waals surface area contributed by atoms with Gasteiger partial charge in [-0.25, -0.2) is 0 Å². The molecule has 0 atom stereocenters. The lowest BCUT2D eigenvalue weighted by atomic mass is 10.2. The molecule has 1 amide bonds. The van der Waals surface area contributed by atoms with Gasteiger partial charge in [-0.1, -0.05) is 19.1 Å². The monoisotopic (exact) mass is 204 g/mol. The second kappa shape index (κ2) is 5.96. The van der Waals surface area contributed by atoms with Gasteiger partial charge in [0, 0.05) is 24.5 Å². The molecule has 0 saturated carbocycles. The Bertz CT molecular complexity index is 344. The summed E-state index contributed by atoms with van der Waals surface area (Å²) < 4.78 is 0. The highest BCUT2D eigenvalue weighted by atomic mass is 16.1. The second-order valence-corrected chi connectivity index (χ2v) is 3.34. The quantitative estimate of drug-likeness (QED) is 0.763. The van der Waals surface area contributed by atoms with Crippen molar-refractivity contribution >= 4 is 5.91 Å². The Balaban J connectivity index is 2.45. The molecule has 1 aromatic heterocycles. The first kappa shape index (κ1) is 11.4.